The van der Waals surface area contributed by atoms with Crippen molar-refractivity contribution in [3.05, 3.63) is 34.0 Å². The maximum Gasteiger partial charge on any atom is 0.293 e. The largest absolute Gasteiger partial charge is 0.369 e. The summed E-state index contributed by atoms with van der Waals surface area (Å²) >= 11 is 0.874. The molecule has 1 atom stereocenters. The number of nitrogens with zero attached hydrogens (tertiary/aromatic N) is 2. The van der Waals surface area contributed by atoms with Gasteiger partial charge in [-0.3, -0.25) is 14.5 Å². The molecule has 0 spiro atoms. The van der Waals surface area contributed by atoms with Crippen LogP contribution in [0, 0.1) is 5.82 Å². The number of fused-ring (bicyclic) bond motifs is 1. The van der Waals surface area contributed by atoms with Crippen molar-refractivity contribution in [2.75, 3.05) is 11.9 Å². The predicted octanol–water partition coefficient (Wildman–Crippen LogP) is 4.99. The smallest absolute Gasteiger partial charge is 0.293 e. The summed E-state index contributed by atoms with van der Waals surface area (Å²) in [5.74, 6) is -0.440. The van der Waals surface area contributed by atoms with Crippen LogP contribution < -0.4 is 4.90 Å². The molecular formula is C20H25FN2O2S. The SMILES string of the molecule is CC1CC(C)(C)N(C)c2cc(F)c(/C=C3/SC(=O)N(C(C)C)C3=O)cc21. The second-order valence-electron chi connectivity index (χ2n) is 8.05. The van der Waals surface area contributed by atoms with Gasteiger partial charge >= 0.3 is 0 Å². The number of benzene rings is 1. The highest BCUT2D eigenvalue weighted by molar-refractivity contribution is 8.18. The highest BCUT2D eigenvalue weighted by Crippen LogP contribution is 2.44. The van der Waals surface area contributed by atoms with Crippen molar-refractivity contribution in [1.82, 2.24) is 4.90 Å². The van der Waals surface area contributed by atoms with Crippen molar-refractivity contribution in [3.8, 4) is 0 Å². The van der Waals surface area contributed by atoms with E-state index in [-0.39, 0.29) is 39.4 Å². The standard InChI is InChI=1S/C20H25FN2O2S/c1-11(2)23-18(24)17(26-19(23)25)8-13-7-14-12(3)10-20(4,5)22(6)16(14)9-15(13)21/h7-9,11-12H,10H2,1-6H3/b17-8+. The molecule has 4 nitrogen and oxygen atoms in total. The molecule has 0 N–H and O–H groups in total. The Morgan fingerprint density at radius 2 is 1.96 bits per heavy atom. The van der Waals surface area contributed by atoms with E-state index >= 15 is 0 Å². The molecule has 2 aliphatic rings. The first-order valence-electron chi connectivity index (χ1n) is 8.87. The molecular weight excluding hydrogens is 351 g/mol. The number of carbonyl (C=O) groups is 2. The molecule has 0 aromatic heterocycles. The van der Waals surface area contributed by atoms with Gasteiger partial charge in [0.25, 0.3) is 11.1 Å². The maximum atomic E-state index is 14.8. The van der Waals surface area contributed by atoms with E-state index < -0.39 is 0 Å². The van der Waals surface area contributed by atoms with E-state index in [0.717, 1.165) is 29.4 Å². The van der Waals surface area contributed by atoms with Crippen LogP contribution in [0.3, 0.4) is 0 Å². The van der Waals surface area contributed by atoms with Gasteiger partial charge in [-0.05, 0) is 75.6 Å². The van der Waals surface area contributed by atoms with Gasteiger partial charge in [0.15, 0.2) is 0 Å². The van der Waals surface area contributed by atoms with E-state index in [1.807, 2.05) is 13.1 Å². The minimum atomic E-state index is -0.378. The highest BCUT2D eigenvalue weighted by atomic mass is 32.2. The first-order valence-corrected chi connectivity index (χ1v) is 9.69. The van der Waals surface area contributed by atoms with E-state index in [9.17, 15) is 14.0 Å². The number of amides is 2. The zero-order valence-electron chi connectivity index (χ0n) is 16.1. The van der Waals surface area contributed by atoms with Crippen molar-refractivity contribution in [3.63, 3.8) is 0 Å². The molecule has 1 aromatic rings. The zero-order valence-corrected chi connectivity index (χ0v) is 16.9. The summed E-state index contributed by atoms with van der Waals surface area (Å²) < 4.78 is 14.8. The number of hydrogen-bond acceptors (Lipinski definition) is 4. The lowest BCUT2D eigenvalue weighted by Gasteiger charge is -2.45. The molecule has 1 unspecified atom stereocenters. The average molecular weight is 376 g/mol. The zero-order chi connectivity index (χ0) is 19.4. The Bertz CT molecular complexity index is 816. The molecule has 2 amide bonds. The Kier molecular flexibility index (Phi) is 4.67. The molecule has 3 rings (SSSR count). The molecule has 0 aliphatic carbocycles. The van der Waals surface area contributed by atoms with Crippen LogP contribution in [0.5, 0.6) is 0 Å². The second kappa shape index (κ2) is 6.41. The van der Waals surface area contributed by atoms with Crippen LogP contribution in [-0.2, 0) is 4.79 Å². The van der Waals surface area contributed by atoms with Crippen molar-refractivity contribution in [2.45, 2.75) is 58.5 Å². The average Bonchev–Trinajstić information content (AvgIpc) is 2.80. The highest BCUT2D eigenvalue weighted by Gasteiger charge is 2.38. The molecule has 0 radical (unpaired) electrons. The van der Waals surface area contributed by atoms with Crippen LogP contribution in [0.2, 0.25) is 0 Å². The number of thioether (sulfide) groups is 1. The summed E-state index contributed by atoms with van der Waals surface area (Å²) in [5, 5.41) is -0.301. The molecule has 2 aliphatic heterocycles. The molecule has 0 bridgehead atoms. The normalized spacial score (nSPS) is 24.0. The first-order chi connectivity index (χ1) is 12.0. The molecule has 26 heavy (non-hydrogen) atoms. The Labute approximate surface area is 158 Å². The fourth-order valence-corrected chi connectivity index (χ4v) is 4.73. The monoisotopic (exact) mass is 376 g/mol. The third-order valence-corrected chi connectivity index (χ3v) is 6.26. The van der Waals surface area contributed by atoms with Gasteiger partial charge in [-0.15, -0.1) is 0 Å². The number of imide groups is 1. The third kappa shape index (κ3) is 3.04. The second-order valence-corrected chi connectivity index (χ2v) is 9.05. The van der Waals surface area contributed by atoms with Crippen LogP contribution in [0.15, 0.2) is 17.0 Å². The lowest BCUT2D eigenvalue weighted by Crippen LogP contribution is -2.45. The quantitative estimate of drug-likeness (QED) is 0.682. The van der Waals surface area contributed by atoms with Gasteiger partial charge in [0.05, 0.1) is 4.91 Å². The van der Waals surface area contributed by atoms with E-state index in [4.69, 9.17) is 0 Å². The summed E-state index contributed by atoms with van der Waals surface area (Å²) in [6, 6.07) is 3.16. The Balaban J connectivity index is 2.03. The lowest BCUT2D eigenvalue weighted by atomic mass is 9.80. The fraction of sp³-hybridized carbons (Fsp3) is 0.500. The van der Waals surface area contributed by atoms with Gasteiger partial charge in [-0.2, -0.15) is 0 Å². The molecule has 0 saturated carbocycles. The summed E-state index contributed by atoms with van der Waals surface area (Å²) in [5.41, 5.74) is 2.28. The van der Waals surface area contributed by atoms with Gasteiger partial charge in [-0.25, -0.2) is 4.39 Å². The minimum Gasteiger partial charge on any atom is -0.369 e. The lowest BCUT2D eigenvalue weighted by molar-refractivity contribution is -0.123. The molecule has 1 aromatic carbocycles. The topological polar surface area (TPSA) is 40.6 Å². The van der Waals surface area contributed by atoms with E-state index in [2.05, 4.69) is 25.7 Å². The molecule has 1 saturated heterocycles. The summed E-state index contributed by atoms with van der Waals surface area (Å²) in [6.45, 7) is 10.0. The first kappa shape index (κ1) is 19.0. The Morgan fingerprint density at radius 3 is 2.54 bits per heavy atom. The number of anilines is 1. The molecule has 140 valence electrons. The van der Waals surface area contributed by atoms with E-state index in [1.54, 1.807) is 19.9 Å². The van der Waals surface area contributed by atoms with Crippen LogP contribution in [0.25, 0.3) is 6.08 Å². The predicted molar refractivity (Wildman–Crippen MR) is 105 cm³/mol. The van der Waals surface area contributed by atoms with Crippen LogP contribution in [-0.4, -0.2) is 34.7 Å². The maximum absolute atomic E-state index is 14.8. The van der Waals surface area contributed by atoms with Crippen molar-refractivity contribution in [1.29, 1.82) is 0 Å². The van der Waals surface area contributed by atoms with Gasteiger partial charge in [0.1, 0.15) is 5.82 Å². The van der Waals surface area contributed by atoms with Gasteiger partial charge in [0, 0.05) is 29.9 Å². The van der Waals surface area contributed by atoms with Gasteiger partial charge in [-0.1, -0.05) is 6.92 Å². The van der Waals surface area contributed by atoms with Gasteiger partial charge < -0.3 is 4.90 Å². The van der Waals surface area contributed by atoms with E-state index in [0.29, 0.717) is 5.56 Å². The number of carbonyl (C=O) groups excluding carboxylic acids is 2. The Morgan fingerprint density at radius 1 is 1.31 bits per heavy atom. The molecule has 1 fully saturated rings. The van der Waals surface area contributed by atoms with Crippen LogP contribution in [0.4, 0.5) is 14.9 Å². The van der Waals surface area contributed by atoms with Crippen molar-refractivity contribution >= 4 is 34.7 Å². The van der Waals surface area contributed by atoms with Crippen LogP contribution in [0.1, 0.15) is 58.1 Å². The van der Waals surface area contributed by atoms with Crippen LogP contribution >= 0.6 is 11.8 Å². The Hall–Kier alpha value is -1.82. The van der Waals surface area contributed by atoms with Crippen molar-refractivity contribution in [2.24, 2.45) is 0 Å². The van der Waals surface area contributed by atoms with Gasteiger partial charge in [0.2, 0.25) is 0 Å². The van der Waals surface area contributed by atoms with E-state index in [1.165, 1.54) is 11.0 Å². The minimum absolute atomic E-state index is 0.0414. The fourth-order valence-electron chi connectivity index (χ4n) is 3.78. The number of rotatable bonds is 2. The summed E-state index contributed by atoms with van der Waals surface area (Å²) in [4.78, 5) is 28.1. The molecule has 2 heterocycles. The third-order valence-electron chi connectivity index (χ3n) is 5.38. The number of halogens is 1. The summed E-state index contributed by atoms with van der Waals surface area (Å²) in [6.07, 6.45) is 2.47. The summed E-state index contributed by atoms with van der Waals surface area (Å²) in [7, 11) is 1.98. The van der Waals surface area contributed by atoms with Crippen molar-refractivity contribution < 1.29 is 14.0 Å². The molecule has 6 heteroatoms. The number of hydrogen-bond donors (Lipinski definition) is 0.